The number of benzene rings is 2. The number of halogens is 2. The van der Waals surface area contributed by atoms with Crippen LogP contribution in [0.4, 0.5) is 14.5 Å². The SMILES string of the molecule is O=C(COC(=O)/C=C\c1cccc2cccnc12)Nc1ccccc1SC(F)F. The molecule has 0 radical (unpaired) electrons. The van der Waals surface area contributed by atoms with E-state index in [0.29, 0.717) is 11.8 Å². The number of thioether (sulfide) groups is 1. The van der Waals surface area contributed by atoms with E-state index < -0.39 is 24.2 Å². The van der Waals surface area contributed by atoms with E-state index in [0.717, 1.165) is 16.5 Å². The maximum Gasteiger partial charge on any atom is 0.331 e. The van der Waals surface area contributed by atoms with Crippen molar-refractivity contribution in [1.82, 2.24) is 4.98 Å². The number of amides is 1. The fourth-order valence-corrected chi connectivity index (χ4v) is 3.15. The molecule has 3 rings (SSSR count). The van der Waals surface area contributed by atoms with Crippen molar-refractivity contribution in [3.63, 3.8) is 0 Å². The molecule has 1 amide bonds. The second-order valence-electron chi connectivity index (χ2n) is 5.79. The molecule has 8 heteroatoms. The smallest absolute Gasteiger partial charge is 0.331 e. The number of para-hydroxylation sites is 2. The number of esters is 1. The van der Waals surface area contributed by atoms with Gasteiger partial charge in [-0.2, -0.15) is 8.78 Å². The number of anilines is 1. The first-order valence-corrected chi connectivity index (χ1v) is 9.43. The summed E-state index contributed by atoms with van der Waals surface area (Å²) in [5.41, 5.74) is 1.71. The molecule has 1 aromatic heterocycles. The molecule has 0 aliphatic carbocycles. The number of nitrogens with one attached hydrogen (secondary N) is 1. The van der Waals surface area contributed by atoms with Crippen LogP contribution in [-0.4, -0.2) is 29.2 Å². The van der Waals surface area contributed by atoms with E-state index in [1.165, 1.54) is 18.2 Å². The van der Waals surface area contributed by atoms with Crippen LogP contribution in [-0.2, 0) is 14.3 Å². The Bertz CT molecular complexity index is 1050. The first kappa shape index (κ1) is 20.5. The number of carbonyl (C=O) groups excluding carboxylic acids is 2. The van der Waals surface area contributed by atoms with E-state index in [1.807, 2.05) is 30.3 Å². The number of fused-ring (bicyclic) bond motifs is 1. The van der Waals surface area contributed by atoms with Crippen molar-refractivity contribution in [3.8, 4) is 0 Å². The van der Waals surface area contributed by atoms with Gasteiger partial charge in [0, 0.05) is 28.1 Å². The number of hydrogen-bond acceptors (Lipinski definition) is 5. The predicted octanol–water partition coefficient (Wildman–Crippen LogP) is 4.74. The summed E-state index contributed by atoms with van der Waals surface area (Å²) in [6.45, 7) is -0.537. The molecule has 0 spiro atoms. The van der Waals surface area contributed by atoms with E-state index in [2.05, 4.69) is 10.3 Å². The Morgan fingerprint density at radius 3 is 2.72 bits per heavy atom. The maximum atomic E-state index is 12.6. The van der Waals surface area contributed by atoms with Crippen LogP contribution < -0.4 is 5.32 Å². The Morgan fingerprint density at radius 2 is 1.90 bits per heavy atom. The summed E-state index contributed by atoms with van der Waals surface area (Å²) >= 11 is 0.325. The van der Waals surface area contributed by atoms with Gasteiger partial charge in [-0.05, 0) is 24.3 Å². The number of pyridine rings is 1. The molecule has 0 saturated carbocycles. The zero-order valence-corrected chi connectivity index (χ0v) is 15.9. The minimum Gasteiger partial charge on any atom is -0.452 e. The summed E-state index contributed by atoms with van der Waals surface area (Å²) in [5, 5.41) is 3.40. The van der Waals surface area contributed by atoms with E-state index in [9.17, 15) is 18.4 Å². The van der Waals surface area contributed by atoms with Gasteiger partial charge in [-0.1, -0.05) is 48.2 Å². The molecule has 0 unspecified atom stereocenters. The summed E-state index contributed by atoms with van der Waals surface area (Å²) in [7, 11) is 0. The topological polar surface area (TPSA) is 68.3 Å². The van der Waals surface area contributed by atoms with Gasteiger partial charge in [-0.25, -0.2) is 4.79 Å². The fraction of sp³-hybridized carbons (Fsp3) is 0.0952. The average molecular weight is 414 g/mol. The van der Waals surface area contributed by atoms with Crippen molar-refractivity contribution >= 4 is 46.3 Å². The summed E-state index contributed by atoms with van der Waals surface area (Å²) < 4.78 is 30.1. The van der Waals surface area contributed by atoms with Gasteiger partial charge < -0.3 is 10.1 Å². The monoisotopic (exact) mass is 414 g/mol. The third-order valence-electron chi connectivity index (χ3n) is 3.79. The molecular formula is C21H16F2N2O3S. The maximum absolute atomic E-state index is 12.6. The Morgan fingerprint density at radius 1 is 1.10 bits per heavy atom. The van der Waals surface area contributed by atoms with Crippen LogP contribution >= 0.6 is 11.8 Å². The number of ether oxygens (including phenoxy) is 1. The van der Waals surface area contributed by atoms with Gasteiger partial charge in [-0.15, -0.1) is 0 Å². The first-order chi connectivity index (χ1) is 14.0. The van der Waals surface area contributed by atoms with Crippen molar-refractivity contribution in [3.05, 3.63) is 72.4 Å². The normalized spacial score (nSPS) is 11.1. The molecular weight excluding hydrogens is 398 g/mol. The molecule has 0 bridgehead atoms. The summed E-state index contributed by atoms with van der Waals surface area (Å²) in [4.78, 5) is 28.4. The quantitative estimate of drug-likeness (QED) is 0.343. The molecule has 0 fully saturated rings. The molecule has 29 heavy (non-hydrogen) atoms. The minimum absolute atomic E-state index is 0.227. The fourth-order valence-electron chi connectivity index (χ4n) is 2.56. The highest BCUT2D eigenvalue weighted by Crippen LogP contribution is 2.31. The number of alkyl halides is 2. The van der Waals surface area contributed by atoms with Gasteiger partial charge in [-0.3, -0.25) is 9.78 Å². The van der Waals surface area contributed by atoms with Crippen LogP contribution in [0.15, 0.2) is 71.8 Å². The average Bonchev–Trinajstić information content (AvgIpc) is 2.71. The van der Waals surface area contributed by atoms with Crippen molar-refractivity contribution in [2.24, 2.45) is 0 Å². The van der Waals surface area contributed by atoms with Crippen molar-refractivity contribution < 1.29 is 23.1 Å². The molecule has 148 valence electrons. The van der Waals surface area contributed by atoms with Crippen LogP contribution in [0.5, 0.6) is 0 Å². The van der Waals surface area contributed by atoms with Gasteiger partial charge in [0.1, 0.15) is 0 Å². The second-order valence-corrected chi connectivity index (χ2v) is 6.82. The van der Waals surface area contributed by atoms with Crippen LogP contribution in [0.2, 0.25) is 0 Å². The van der Waals surface area contributed by atoms with Gasteiger partial charge in [0.15, 0.2) is 6.61 Å². The Hall–Kier alpha value is -3.26. The molecule has 2 aromatic carbocycles. The zero-order valence-electron chi connectivity index (χ0n) is 15.0. The van der Waals surface area contributed by atoms with Crippen LogP contribution in [0, 0.1) is 0 Å². The Kier molecular flexibility index (Phi) is 6.91. The third kappa shape index (κ3) is 5.86. The molecule has 3 aromatic rings. The molecule has 5 nitrogen and oxygen atoms in total. The summed E-state index contributed by atoms with van der Waals surface area (Å²) in [5.74, 6) is -3.94. The lowest BCUT2D eigenvalue weighted by atomic mass is 10.1. The molecule has 1 N–H and O–H groups in total. The van der Waals surface area contributed by atoms with E-state index in [1.54, 1.807) is 24.4 Å². The van der Waals surface area contributed by atoms with Gasteiger partial charge >= 0.3 is 5.97 Å². The van der Waals surface area contributed by atoms with Crippen molar-refractivity contribution in [2.75, 3.05) is 11.9 Å². The van der Waals surface area contributed by atoms with Gasteiger partial charge in [0.25, 0.3) is 11.7 Å². The van der Waals surface area contributed by atoms with E-state index in [4.69, 9.17) is 4.74 Å². The largest absolute Gasteiger partial charge is 0.452 e. The lowest BCUT2D eigenvalue weighted by Crippen LogP contribution is -2.20. The zero-order chi connectivity index (χ0) is 20.6. The number of carbonyl (C=O) groups is 2. The van der Waals surface area contributed by atoms with Crippen molar-refractivity contribution in [1.29, 1.82) is 0 Å². The van der Waals surface area contributed by atoms with Crippen LogP contribution in [0.25, 0.3) is 17.0 Å². The second kappa shape index (κ2) is 9.79. The number of nitrogens with zero attached hydrogens (tertiary/aromatic N) is 1. The predicted molar refractivity (Wildman–Crippen MR) is 109 cm³/mol. The lowest BCUT2D eigenvalue weighted by Gasteiger charge is -2.10. The lowest BCUT2D eigenvalue weighted by molar-refractivity contribution is -0.142. The van der Waals surface area contributed by atoms with Crippen LogP contribution in [0.3, 0.4) is 0 Å². The molecule has 0 aliphatic heterocycles. The van der Waals surface area contributed by atoms with Crippen molar-refractivity contribution in [2.45, 2.75) is 10.7 Å². The standard InChI is InChI=1S/C21H16F2N2O3S/c22-21(23)29-17-9-2-1-8-16(17)25-18(26)13-28-19(27)11-10-15-6-3-5-14-7-4-12-24-20(14)15/h1-12,21H,13H2,(H,25,26)/b11-10-. The molecule has 0 atom stereocenters. The highest BCUT2D eigenvalue weighted by Gasteiger charge is 2.12. The Labute approximate surface area is 169 Å². The number of aromatic nitrogens is 1. The van der Waals surface area contributed by atoms with E-state index in [-0.39, 0.29) is 10.6 Å². The molecule has 1 heterocycles. The summed E-state index contributed by atoms with van der Waals surface area (Å²) in [6.07, 6.45) is 4.42. The Balaban J connectivity index is 1.57. The van der Waals surface area contributed by atoms with Gasteiger partial charge in [0.2, 0.25) is 0 Å². The highest BCUT2D eigenvalue weighted by molar-refractivity contribution is 7.99. The first-order valence-electron chi connectivity index (χ1n) is 8.55. The molecule has 0 aliphatic rings. The number of hydrogen-bond donors (Lipinski definition) is 1. The molecule has 0 saturated heterocycles. The minimum atomic E-state index is -2.61. The van der Waals surface area contributed by atoms with Gasteiger partial charge in [0.05, 0.1) is 11.2 Å². The third-order valence-corrected chi connectivity index (χ3v) is 4.57. The van der Waals surface area contributed by atoms with E-state index >= 15 is 0 Å². The summed E-state index contributed by atoms with van der Waals surface area (Å²) in [6, 6.07) is 15.5. The van der Waals surface area contributed by atoms with Crippen LogP contribution in [0.1, 0.15) is 5.56 Å². The number of rotatable bonds is 7. The highest BCUT2D eigenvalue weighted by atomic mass is 32.2.